The topological polar surface area (TPSA) is 38.5 Å². The molecule has 1 saturated heterocycles. The summed E-state index contributed by atoms with van der Waals surface area (Å²) in [7, 11) is 0. The molecule has 3 nitrogen and oxygen atoms in total. The summed E-state index contributed by atoms with van der Waals surface area (Å²) in [5.74, 6) is 0. The average Bonchev–Trinajstić information content (AvgIpc) is 2.87. The van der Waals surface area contributed by atoms with Gasteiger partial charge in [-0.1, -0.05) is 18.2 Å². The standard InChI is InChI=1S/C16H24N2O/c1-12(17)11-13-5-2-3-6-14(13)18-9-10-19-16-8-4-7-15(16)18/h2-3,5-6,12,15-16H,4,7-11,17H2,1H3. The highest BCUT2D eigenvalue weighted by molar-refractivity contribution is 5.55. The smallest absolute Gasteiger partial charge is 0.0779 e. The Bertz CT molecular complexity index is 433. The van der Waals surface area contributed by atoms with Gasteiger partial charge in [0.15, 0.2) is 0 Å². The van der Waals surface area contributed by atoms with Crippen LogP contribution in [0.25, 0.3) is 0 Å². The summed E-state index contributed by atoms with van der Waals surface area (Å²) >= 11 is 0. The fourth-order valence-electron chi connectivity index (χ4n) is 3.54. The molecule has 2 N–H and O–H groups in total. The van der Waals surface area contributed by atoms with E-state index in [1.807, 2.05) is 0 Å². The molecular formula is C16H24N2O. The first-order chi connectivity index (χ1) is 9.25. The number of hydrogen-bond acceptors (Lipinski definition) is 3. The molecule has 0 spiro atoms. The number of nitrogens with zero attached hydrogens (tertiary/aromatic N) is 1. The molecule has 1 aliphatic carbocycles. The van der Waals surface area contributed by atoms with Crippen LogP contribution in [0.1, 0.15) is 31.7 Å². The van der Waals surface area contributed by atoms with Gasteiger partial charge in [0.05, 0.1) is 18.8 Å². The number of fused-ring (bicyclic) bond motifs is 1. The number of anilines is 1. The fraction of sp³-hybridized carbons (Fsp3) is 0.625. The van der Waals surface area contributed by atoms with Crippen LogP contribution in [0.4, 0.5) is 5.69 Å². The monoisotopic (exact) mass is 260 g/mol. The second kappa shape index (κ2) is 5.51. The number of morpholine rings is 1. The minimum Gasteiger partial charge on any atom is -0.374 e. The molecule has 1 aromatic rings. The van der Waals surface area contributed by atoms with Crippen molar-refractivity contribution >= 4 is 5.69 Å². The van der Waals surface area contributed by atoms with Gasteiger partial charge in [0.25, 0.3) is 0 Å². The predicted molar refractivity (Wildman–Crippen MR) is 78.5 cm³/mol. The van der Waals surface area contributed by atoms with Gasteiger partial charge < -0.3 is 15.4 Å². The quantitative estimate of drug-likeness (QED) is 0.906. The Hall–Kier alpha value is -1.06. The van der Waals surface area contributed by atoms with Crippen LogP contribution in [-0.4, -0.2) is 31.3 Å². The van der Waals surface area contributed by atoms with Gasteiger partial charge in [-0.15, -0.1) is 0 Å². The first kappa shape index (κ1) is 12.9. The molecule has 104 valence electrons. The van der Waals surface area contributed by atoms with E-state index >= 15 is 0 Å². The van der Waals surface area contributed by atoms with E-state index in [4.69, 9.17) is 10.5 Å². The second-order valence-electron chi connectivity index (χ2n) is 5.91. The second-order valence-corrected chi connectivity index (χ2v) is 5.91. The summed E-state index contributed by atoms with van der Waals surface area (Å²) in [6.45, 7) is 3.94. The molecule has 0 radical (unpaired) electrons. The van der Waals surface area contributed by atoms with Gasteiger partial charge in [0, 0.05) is 18.3 Å². The highest BCUT2D eigenvalue weighted by Crippen LogP contribution is 2.34. The summed E-state index contributed by atoms with van der Waals surface area (Å²) in [6.07, 6.45) is 5.16. The molecule has 1 saturated carbocycles. The summed E-state index contributed by atoms with van der Waals surface area (Å²) in [6, 6.07) is 9.51. The fourth-order valence-corrected chi connectivity index (χ4v) is 3.54. The SMILES string of the molecule is CC(N)Cc1ccccc1N1CCOC2CCCC21. The zero-order valence-corrected chi connectivity index (χ0v) is 11.7. The van der Waals surface area contributed by atoms with Crippen molar-refractivity contribution in [1.82, 2.24) is 0 Å². The van der Waals surface area contributed by atoms with Crippen LogP contribution in [0.5, 0.6) is 0 Å². The molecule has 3 rings (SSSR count). The highest BCUT2D eigenvalue weighted by Gasteiger charge is 2.36. The highest BCUT2D eigenvalue weighted by atomic mass is 16.5. The van der Waals surface area contributed by atoms with Gasteiger partial charge in [-0.25, -0.2) is 0 Å². The molecule has 3 heteroatoms. The van der Waals surface area contributed by atoms with Crippen molar-refractivity contribution in [3.05, 3.63) is 29.8 Å². The van der Waals surface area contributed by atoms with Crippen molar-refractivity contribution in [2.45, 2.75) is 50.8 Å². The van der Waals surface area contributed by atoms with Crippen LogP contribution in [0, 0.1) is 0 Å². The average molecular weight is 260 g/mol. The molecule has 2 fully saturated rings. The summed E-state index contributed by atoms with van der Waals surface area (Å²) < 4.78 is 5.91. The Morgan fingerprint density at radius 2 is 2.21 bits per heavy atom. The van der Waals surface area contributed by atoms with E-state index in [0.29, 0.717) is 12.1 Å². The Morgan fingerprint density at radius 3 is 3.05 bits per heavy atom. The van der Waals surface area contributed by atoms with Crippen molar-refractivity contribution in [2.75, 3.05) is 18.1 Å². The molecule has 1 heterocycles. The van der Waals surface area contributed by atoms with Crippen LogP contribution in [0.2, 0.25) is 0 Å². The predicted octanol–water partition coefficient (Wildman–Crippen LogP) is 2.33. The lowest BCUT2D eigenvalue weighted by molar-refractivity contribution is 0.0256. The Morgan fingerprint density at radius 1 is 1.37 bits per heavy atom. The molecule has 3 unspecified atom stereocenters. The summed E-state index contributed by atoms with van der Waals surface area (Å²) in [5, 5.41) is 0. The van der Waals surface area contributed by atoms with Crippen molar-refractivity contribution in [3.8, 4) is 0 Å². The Balaban J connectivity index is 1.88. The third-order valence-electron chi connectivity index (χ3n) is 4.33. The maximum Gasteiger partial charge on any atom is 0.0779 e. The molecule has 0 aromatic heterocycles. The Labute approximate surface area is 115 Å². The number of rotatable bonds is 3. The van der Waals surface area contributed by atoms with Gasteiger partial charge in [0.1, 0.15) is 0 Å². The van der Waals surface area contributed by atoms with E-state index in [9.17, 15) is 0 Å². The van der Waals surface area contributed by atoms with Crippen molar-refractivity contribution in [2.24, 2.45) is 5.73 Å². The van der Waals surface area contributed by atoms with Gasteiger partial charge in [-0.2, -0.15) is 0 Å². The lowest BCUT2D eigenvalue weighted by Gasteiger charge is -2.40. The van der Waals surface area contributed by atoms with E-state index in [2.05, 4.69) is 36.1 Å². The maximum atomic E-state index is 5.99. The lowest BCUT2D eigenvalue weighted by Crippen LogP contribution is -2.49. The van der Waals surface area contributed by atoms with Crippen LogP contribution in [0.3, 0.4) is 0 Å². The maximum absolute atomic E-state index is 5.99. The molecule has 1 aliphatic heterocycles. The third-order valence-corrected chi connectivity index (χ3v) is 4.33. The number of benzene rings is 1. The van der Waals surface area contributed by atoms with Gasteiger partial charge in [-0.3, -0.25) is 0 Å². The zero-order valence-electron chi connectivity index (χ0n) is 11.7. The van der Waals surface area contributed by atoms with Gasteiger partial charge in [-0.05, 0) is 44.2 Å². The minimum atomic E-state index is 0.210. The lowest BCUT2D eigenvalue weighted by atomic mass is 10.0. The van der Waals surface area contributed by atoms with Crippen molar-refractivity contribution < 1.29 is 4.74 Å². The first-order valence-corrected chi connectivity index (χ1v) is 7.47. The van der Waals surface area contributed by atoms with Crippen LogP contribution >= 0.6 is 0 Å². The molecular weight excluding hydrogens is 236 g/mol. The summed E-state index contributed by atoms with van der Waals surface area (Å²) in [5.41, 5.74) is 8.74. The molecule has 0 amide bonds. The number of nitrogens with two attached hydrogens (primary N) is 1. The molecule has 0 bridgehead atoms. The van der Waals surface area contributed by atoms with E-state index in [-0.39, 0.29) is 6.04 Å². The van der Waals surface area contributed by atoms with E-state index in [1.165, 1.54) is 30.5 Å². The number of ether oxygens (including phenoxy) is 1. The number of para-hydroxylation sites is 1. The Kier molecular flexibility index (Phi) is 3.76. The van der Waals surface area contributed by atoms with Gasteiger partial charge >= 0.3 is 0 Å². The van der Waals surface area contributed by atoms with Gasteiger partial charge in [0.2, 0.25) is 0 Å². The van der Waals surface area contributed by atoms with E-state index < -0.39 is 0 Å². The van der Waals surface area contributed by atoms with Crippen LogP contribution in [-0.2, 0) is 11.2 Å². The largest absolute Gasteiger partial charge is 0.374 e. The summed E-state index contributed by atoms with van der Waals surface area (Å²) in [4.78, 5) is 2.57. The molecule has 1 aromatic carbocycles. The van der Waals surface area contributed by atoms with Crippen LogP contribution in [0.15, 0.2) is 24.3 Å². The first-order valence-electron chi connectivity index (χ1n) is 7.47. The van der Waals surface area contributed by atoms with E-state index in [1.54, 1.807) is 0 Å². The zero-order chi connectivity index (χ0) is 13.2. The molecule has 2 aliphatic rings. The van der Waals surface area contributed by atoms with Crippen molar-refractivity contribution in [3.63, 3.8) is 0 Å². The van der Waals surface area contributed by atoms with Crippen molar-refractivity contribution in [1.29, 1.82) is 0 Å². The molecule has 3 atom stereocenters. The third kappa shape index (κ3) is 2.63. The minimum absolute atomic E-state index is 0.210. The molecule has 19 heavy (non-hydrogen) atoms. The van der Waals surface area contributed by atoms with E-state index in [0.717, 1.165) is 19.6 Å². The number of hydrogen-bond donors (Lipinski definition) is 1. The normalized spacial score (nSPS) is 28.2. The van der Waals surface area contributed by atoms with Crippen LogP contribution < -0.4 is 10.6 Å².